The molecule has 0 fully saturated rings. The van der Waals surface area contributed by atoms with Gasteiger partial charge >= 0.3 is 11.9 Å². The minimum absolute atomic E-state index is 0.0866. The Morgan fingerprint density at radius 2 is 1.65 bits per heavy atom. The van der Waals surface area contributed by atoms with Gasteiger partial charge in [-0.1, -0.05) is 34.1 Å². The van der Waals surface area contributed by atoms with Crippen LogP contribution in [0.3, 0.4) is 0 Å². The second-order valence-corrected chi connectivity index (χ2v) is 12.5. The lowest BCUT2D eigenvalue weighted by Gasteiger charge is -2.41. The van der Waals surface area contributed by atoms with E-state index in [4.69, 9.17) is 4.43 Å². The van der Waals surface area contributed by atoms with E-state index in [9.17, 15) is 19.8 Å². The molecule has 0 radical (unpaired) electrons. The number of methoxy groups -OCH3 is 2. The van der Waals surface area contributed by atoms with Crippen LogP contribution in [0, 0.1) is 0 Å². The van der Waals surface area contributed by atoms with Gasteiger partial charge in [0.25, 0.3) is 0 Å². The van der Waals surface area contributed by atoms with Crippen molar-refractivity contribution in [2.75, 3.05) is 14.2 Å². The van der Waals surface area contributed by atoms with E-state index < -0.39 is 38.6 Å². The van der Waals surface area contributed by atoms with Gasteiger partial charge in [0.05, 0.1) is 25.9 Å². The third-order valence-electron chi connectivity index (χ3n) is 4.74. The number of esters is 2. The summed E-state index contributed by atoms with van der Waals surface area (Å²) in [6.45, 7) is 12.2. The van der Waals surface area contributed by atoms with Crippen LogP contribution in [0.2, 0.25) is 18.1 Å². The second-order valence-electron chi connectivity index (χ2n) is 7.76. The molecule has 152 valence electrons. The highest BCUT2D eigenvalue weighted by atomic mass is 28.4. The molecule has 0 aromatic carbocycles. The van der Waals surface area contributed by atoms with Crippen molar-refractivity contribution in [3.8, 4) is 0 Å². The minimum Gasteiger partial charge on any atom is -0.466 e. The Morgan fingerprint density at radius 1 is 1.12 bits per heavy atom. The molecule has 7 nitrogen and oxygen atoms in total. The number of hydrogen-bond acceptors (Lipinski definition) is 7. The molecule has 0 aromatic heterocycles. The third-order valence-corrected chi connectivity index (χ3v) is 9.25. The molecule has 0 rings (SSSR count). The Kier molecular flexibility index (Phi) is 9.72. The van der Waals surface area contributed by atoms with Crippen molar-refractivity contribution in [2.45, 2.75) is 77.0 Å². The number of hydrogen-bond donors (Lipinski definition) is 2. The van der Waals surface area contributed by atoms with Crippen molar-refractivity contribution >= 4 is 20.3 Å². The Hall–Kier alpha value is -1.22. The Balaban J connectivity index is 5.67. The van der Waals surface area contributed by atoms with Crippen LogP contribution >= 0.6 is 0 Å². The first-order valence-corrected chi connectivity index (χ1v) is 11.6. The zero-order valence-corrected chi connectivity index (χ0v) is 18.2. The first kappa shape index (κ1) is 24.8. The van der Waals surface area contributed by atoms with Gasteiger partial charge in [-0.05, 0) is 24.6 Å². The quantitative estimate of drug-likeness (QED) is 0.353. The summed E-state index contributed by atoms with van der Waals surface area (Å²) in [7, 11) is 0.0556. The maximum Gasteiger partial charge on any atom is 0.336 e. The first-order valence-electron chi connectivity index (χ1n) is 8.74. The van der Waals surface area contributed by atoms with E-state index in [0.717, 1.165) is 26.7 Å². The number of carbonyl (C=O) groups is 2. The SMILES string of the molecule is CCC[C@H](O[Si](C)(C)C(C)(C)C)[C@@H](O)[C@H](O)C(=CC(=O)OC)C(=O)OC. The van der Waals surface area contributed by atoms with Crippen LogP contribution in [0.4, 0.5) is 0 Å². The molecule has 0 aliphatic carbocycles. The largest absolute Gasteiger partial charge is 0.466 e. The topological polar surface area (TPSA) is 102 Å². The number of carbonyl (C=O) groups excluding carboxylic acids is 2. The number of aliphatic hydroxyl groups is 2. The van der Waals surface area contributed by atoms with Crippen molar-refractivity contribution in [1.29, 1.82) is 0 Å². The molecule has 0 bridgehead atoms. The molecule has 0 heterocycles. The maximum atomic E-state index is 11.9. The Morgan fingerprint density at radius 3 is 2.04 bits per heavy atom. The summed E-state index contributed by atoms with van der Waals surface area (Å²) in [5.74, 6) is -1.74. The van der Waals surface area contributed by atoms with Crippen molar-refractivity contribution in [1.82, 2.24) is 0 Å². The fourth-order valence-electron chi connectivity index (χ4n) is 2.10. The fraction of sp³-hybridized carbons (Fsp3) is 0.778. The van der Waals surface area contributed by atoms with E-state index in [1.54, 1.807) is 0 Å². The van der Waals surface area contributed by atoms with Crippen LogP contribution in [0.25, 0.3) is 0 Å². The lowest BCUT2D eigenvalue weighted by atomic mass is 9.97. The fourth-order valence-corrected chi connectivity index (χ4v) is 3.46. The van der Waals surface area contributed by atoms with Crippen molar-refractivity contribution in [2.24, 2.45) is 0 Å². The number of aliphatic hydroxyl groups excluding tert-OH is 2. The highest BCUT2D eigenvalue weighted by Gasteiger charge is 2.42. The molecule has 0 unspecified atom stereocenters. The molecule has 0 spiro atoms. The Bertz CT molecular complexity index is 508. The summed E-state index contributed by atoms with van der Waals surface area (Å²) in [4.78, 5) is 23.4. The van der Waals surface area contributed by atoms with Crippen LogP contribution in [-0.2, 0) is 23.5 Å². The van der Waals surface area contributed by atoms with Gasteiger partial charge in [0.1, 0.15) is 12.2 Å². The van der Waals surface area contributed by atoms with Gasteiger partial charge in [-0.25, -0.2) is 9.59 Å². The van der Waals surface area contributed by atoms with Gasteiger partial charge in [-0.3, -0.25) is 0 Å². The minimum atomic E-state index is -2.22. The van der Waals surface area contributed by atoms with Gasteiger partial charge in [-0.15, -0.1) is 0 Å². The van der Waals surface area contributed by atoms with Crippen LogP contribution in [0.15, 0.2) is 11.6 Å². The second kappa shape index (κ2) is 10.2. The van der Waals surface area contributed by atoms with Crippen molar-refractivity contribution in [3.63, 3.8) is 0 Å². The van der Waals surface area contributed by atoms with Crippen molar-refractivity contribution in [3.05, 3.63) is 11.6 Å². The van der Waals surface area contributed by atoms with E-state index in [-0.39, 0.29) is 10.6 Å². The lowest BCUT2D eigenvalue weighted by molar-refractivity contribution is -0.141. The lowest BCUT2D eigenvalue weighted by Crippen LogP contribution is -2.50. The molecular formula is C18H34O7Si. The van der Waals surface area contributed by atoms with Gasteiger partial charge in [0.15, 0.2) is 8.32 Å². The van der Waals surface area contributed by atoms with Crippen LogP contribution < -0.4 is 0 Å². The number of rotatable bonds is 9. The van der Waals surface area contributed by atoms with E-state index in [1.165, 1.54) is 0 Å². The zero-order valence-electron chi connectivity index (χ0n) is 17.2. The van der Waals surface area contributed by atoms with Crippen LogP contribution in [-0.4, -0.2) is 63.0 Å². The molecule has 8 heteroatoms. The number of ether oxygens (including phenoxy) is 2. The predicted molar refractivity (Wildman–Crippen MR) is 101 cm³/mol. The van der Waals surface area contributed by atoms with Gasteiger partial charge in [0, 0.05) is 6.08 Å². The molecule has 0 saturated heterocycles. The molecule has 0 aliphatic rings. The molecule has 0 amide bonds. The Labute approximate surface area is 157 Å². The van der Waals surface area contributed by atoms with Crippen LogP contribution in [0.5, 0.6) is 0 Å². The van der Waals surface area contributed by atoms with Gasteiger partial charge in [0.2, 0.25) is 0 Å². The van der Waals surface area contributed by atoms with Crippen LogP contribution in [0.1, 0.15) is 40.5 Å². The van der Waals surface area contributed by atoms with E-state index in [1.807, 2.05) is 20.0 Å². The molecule has 0 aliphatic heterocycles. The normalized spacial score (nSPS) is 16.6. The molecule has 2 N–H and O–H groups in total. The molecule has 26 heavy (non-hydrogen) atoms. The average molecular weight is 391 g/mol. The average Bonchev–Trinajstić information content (AvgIpc) is 2.55. The summed E-state index contributed by atoms with van der Waals surface area (Å²) >= 11 is 0. The third kappa shape index (κ3) is 6.83. The highest BCUT2D eigenvalue weighted by Crippen LogP contribution is 2.38. The summed E-state index contributed by atoms with van der Waals surface area (Å²) in [5, 5.41) is 21.1. The van der Waals surface area contributed by atoms with E-state index >= 15 is 0 Å². The molecule has 0 saturated carbocycles. The first-order chi connectivity index (χ1) is 11.8. The molecule has 0 aromatic rings. The predicted octanol–water partition coefficient (Wildman–Crippen LogP) is 2.17. The van der Waals surface area contributed by atoms with Gasteiger partial charge in [-0.2, -0.15) is 0 Å². The summed E-state index contributed by atoms with van der Waals surface area (Å²) in [6.07, 6.45) is -1.66. The van der Waals surface area contributed by atoms with E-state index in [0.29, 0.717) is 6.42 Å². The highest BCUT2D eigenvalue weighted by molar-refractivity contribution is 6.74. The van der Waals surface area contributed by atoms with E-state index in [2.05, 4.69) is 30.2 Å². The maximum absolute atomic E-state index is 11.9. The molecular weight excluding hydrogens is 356 g/mol. The monoisotopic (exact) mass is 390 g/mol. The standard InChI is InChI=1S/C18H34O7Si/c1-9-10-13(25-26(7,8)18(2,3)4)16(21)15(20)12(17(22)24-6)11-14(19)23-5/h11,13,15-16,20-21H,9-10H2,1-8H3/t13-,15+,16+/m0/s1. The summed E-state index contributed by atoms with van der Waals surface area (Å²) < 4.78 is 15.4. The smallest absolute Gasteiger partial charge is 0.336 e. The summed E-state index contributed by atoms with van der Waals surface area (Å²) in [5.41, 5.74) is -0.369. The van der Waals surface area contributed by atoms with Crippen molar-refractivity contribution < 1.29 is 33.7 Å². The summed E-state index contributed by atoms with van der Waals surface area (Å²) in [6, 6.07) is 0. The molecule has 3 atom stereocenters. The van der Waals surface area contributed by atoms with Gasteiger partial charge < -0.3 is 24.1 Å². The zero-order chi connectivity index (χ0) is 20.7.